The van der Waals surface area contributed by atoms with Crippen LogP contribution in [0.3, 0.4) is 0 Å². The van der Waals surface area contributed by atoms with Crippen LogP contribution < -0.4 is 0 Å². The molecule has 0 bridgehead atoms. The average molecular weight is 289 g/mol. The number of nitrogens with zero attached hydrogens (tertiary/aromatic N) is 1. The van der Waals surface area contributed by atoms with E-state index >= 15 is 0 Å². The van der Waals surface area contributed by atoms with Crippen molar-refractivity contribution < 1.29 is 9.53 Å². The SMILES string of the molecule is C=C(C)C1=NC(C2CCCCC2)(C2CCCCC2)C(=O)O1. The number of cyclic esters (lactones) is 1. The smallest absolute Gasteiger partial charge is 0.341 e. The molecule has 0 aromatic rings. The Kier molecular flexibility index (Phi) is 4.19. The molecule has 2 aliphatic carbocycles. The Morgan fingerprint density at radius 3 is 1.90 bits per heavy atom. The molecule has 3 rings (SSSR count). The molecule has 0 saturated heterocycles. The molecule has 0 amide bonds. The molecule has 1 heterocycles. The van der Waals surface area contributed by atoms with Crippen molar-refractivity contribution in [2.24, 2.45) is 16.8 Å². The third-order valence-electron chi connectivity index (χ3n) is 5.62. The number of esters is 1. The van der Waals surface area contributed by atoms with Gasteiger partial charge >= 0.3 is 5.97 Å². The second kappa shape index (κ2) is 5.94. The summed E-state index contributed by atoms with van der Waals surface area (Å²) in [6.45, 7) is 5.80. The number of carbonyl (C=O) groups is 1. The lowest BCUT2D eigenvalue weighted by atomic mass is 9.64. The lowest BCUT2D eigenvalue weighted by Gasteiger charge is -2.41. The second-order valence-electron chi connectivity index (χ2n) is 7.08. The van der Waals surface area contributed by atoms with E-state index in [0.717, 1.165) is 31.3 Å². The molecular formula is C18H27NO2. The highest BCUT2D eigenvalue weighted by molar-refractivity contribution is 6.07. The number of ether oxygens (including phenoxy) is 1. The van der Waals surface area contributed by atoms with Gasteiger partial charge in [0.15, 0.2) is 5.54 Å². The fourth-order valence-corrected chi connectivity index (χ4v) is 4.52. The minimum atomic E-state index is -0.588. The fourth-order valence-electron chi connectivity index (χ4n) is 4.52. The first-order chi connectivity index (χ1) is 10.1. The lowest BCUT2D eigenvalue weighted by molar-refractivity contribution is -0.144. The van der Waals surface area contributed by atoms with Gasteiger partial charge in [-0.05, 0) is 44.4 Å². The van der Waals surface area contributed by atoms with Gasteiger partial charge in [0.1, 0.15) is 0 Å². The zero-order chi connectivity index (χ0) is 14.9. The summed E-state index contributed by atoms with van der Waals surface area (Å²) in [4.78, 5) is 17.7. The van der Waals surface area contributed by atoms with Crippen LogP contribution in [0.2, 0.25) is 0 Å². The number of aliphatic imine (C=N–C) groups is 1. The maximum Gasteiger partial charge on any atom is 0.341 e. The first-order valence-electron chi connectivity index (χ1n) is 8.62. The van der Waals surface area contributed by atoms with Gasteiger partial charge in [0.05, 0.1) is 0 Å². The third-order valence-corrected chi connectivity index (χ3v) is 5.62. The Balaban J connectivity index is 1.97. The quantitative estimate of drug-likeness (QED) is 0.721. The van der Waals surface area contributed by atoms with Crippen molar-refractivity contribution in [3.05, 3.63) is 12.2 Å². The number of hydrogen-bond acceptors (Lipinski definition) is 3. The van der Waals surface area contributed by atoms with Crippen LogP contribution in [0.25, 0.3) is 0 Å². The zero-order valence-electron chi connectivity index (χ0n) is 13.2. The summed E-state index contributed by atoms with van der Waals surface area (Å²) >= 11 is 0. The van der Waals surface area contributed by atoms with Gasteiger partial charge in [-0.1, -0.05) is 45.1 Å². The summed E-state index contributed by atoms with van der Waals surface area (Å²) in [5, 5.41) is 0. The highest BCUT2D eigenvalue weighted by Gasteiger charge is 2.56. The highest BCUT2D eigenvalue weighted by atomic mass is 16.6. The maximum absolute atomic E-state index is 12.8. The van der Waals surface area contributed by atoms with Gasteiger partial charge in [0.25, 0.3) is 0 Å². The summed E-state index contributed by atoms with van der Waals surface area (Å²) in [5.74, 6) is 1.16. The Labute approximate surface area is 127 Å². The Morgan fingerprint density at radius 1 is 1.05 bits per heavy atom. The van der Waals surface area contributed by atoms with Crippen LogP contribution in [0.4, 0.5) is 0 Å². The maximum atomic E-state index is 12.8. The molecule has 0 aromatic carbocycles. The van der Waals surface area contributed by atoms with E-state index < -0.39 is 5.54 Å². The minimum Gasteiger partial charge on any atom is -0.406 e. The van der Waals surface area contributed by atoms with Crippen molar-refractivity contribution in [2.75, 3.05) is 0 Å². The molecule has 0 atom stereocenters. The van der Waals surface area contributed by atoms with Crippen LogP contribution in [0, 0.1) is 11.8 Å². The standard InChI is InChI=1S/C18H27NO2/c1-13(2)16-19-18(17(20)21-16,14-9-5-3-6-10-14)15-11-7-4-8-12-15/h14-15H,1,3-12H2,2H3. The first kappa shape index (κ1) is 14.8. The summed E-state index contributed by atoms with van der Waals surface area (Å²) in [6.07, 6.45) is 12.0. The predicted octanol–water partition coefficient (Wildman–Crippen LogP) is 4.42. The van der Waals surface area contributed by atoms with E-state index in [-0.39, 0.29) is 5.97 Å². The molecule has 1 aliphatic heterocycles. The largest absolute Gasteiger partial charge is 0.406 e. The van der Waals surface area contributed by atoms with Gasteiger partial charge in [0, 0.05) is 5.57 Å². The molecule has 0 spiro atoms. The normalized spacial score (nSPS) is 27.3. The third kappa shape index (κ3) is 2.56. The van der Waals surface area contributed by atoms with Crippen LogP contribution >= 0.6 is 0 Å². The molecule has 3 aliphatic rings. The van der Waals surface area contributed by atoms with Crippen molar-refractivity contribution in [3.8, 4) is 0 Å². The van der Waals surface area contributed by atoms with E-state index in [0.29, 0.717) is 17.7 Å². The van der Waals surface area contributed by atoms with E-state index in [1.54, 1.807) is 0 Å². The molecule has 0 radical (unpaired) electrons. The fraction of sp³-hybridized carbons (Fsp3) is 0.778. The molecule has 3 nitrogen and oxygen atoms in total. The molecule has 0 N–H and O–H groups in total. The van der Waals surface area contributed by atoms with E-state index in [1.807, 2.05) is 6.92 Å². The molecule has 2 saturated carbocycles. The molecule has 3 heteroatoms. The zero-order valence-corrected chi connectivity index (χ0v) is 13.2. The van der Waals surface area contributed by atoms with Gasteiger partial charge in [-0.25, -0.2) is 9.79 Å². The van der Waals surface area contributed by atoms with Crippen molar-refractivity contribution in [1.29, 1.82) is 0 Å². The Hall–Kier alpha value is -1.12. The van der Waals surface area contributed by atoms with Gasteiger partial charge < -0.3 is 4.74 Å². The molecule has 0 aromatic heterocycles. The summed E-state index contributed by atoms with van der Waals surface area (Å²) in [5.41, 5.74) is 0.187. The van der Waals surface area contributed by atoms with E-state index in [1.165, 1.54) is 38.5 Å². The van der Waals surface area contributed by atoms with E-state index in [2.05, 4.69) is 6.58 Å². The van der Waals surface area contributed by atoms with E-state index in [9.17, 15) is 4.79 Å². The van der Waals surface area contributed by atoms with Gasteiger partial charge in [-0.15, -0.1) is 0 Å². The van der Waals surface area contributed by atoms with Gasteiger partial charge in [-0.3, -0.25) is 0 Å². The number of hydrogen-bond donors (Lipinski definition) is 0. The number of rotatable bonds is 3. The Morgan fingerprint density at radius 2 is 1.52 bits per heavy atom. The molecule has 2 fully saturated rings. The topological polar surface area (TPSA) is 38.7 Å². The first-order valence-corrected chi connectivity index (χ1v) is 8.62. The molecule has 21 heavy (non-hydrogen) atoms. The number of carbonyl (C=O) groups excluding carboxylic acids is 1. The van der Waals surface area contributed by atoms with Crippen LogP contribution in [0.5, 0.6) is 0 Å². The van der Waals surface area contributed by atoms with Gasteiger partial charge in [0.2, 0.25) is 5.90 Å². The van der Waals surface area contributed by atoms with Crippen LogP contribution in [0.1, 0.15) is 71.1 Å². The van der Waals surface area contributed by atoms with Crippen molar-refractivity contribution in [3.63, 3.8) is 0 Å². The van der Waals surface area contributed by atoms with Crippen molar-refractivity contribution >= 4 is 11.9 Å². The van der Waals surface area contributed by atoms with E-state index in [4.69, 9.17) is 9.73 Å². The van der Waals surface area contributed by atoms with Crippen LogP contribution in [-0.4, -0.2) is 17.4 Å². The summed E-state index contributed by atoms with van der Waals surface area (Å²) < 4.78 is 5.56. The second-order valence-corrected chi connectivity index (χ2v) is 7.08. The summed E-state index contributed by atoms with van der Waals surface area (Å²) in [7, 11) is 0. The van der Waals surface area contributed by atoms with Gasteiger partial charge in [-0.2, -0.15) is 0 Å². The molecular weight excluding hydrogens is 262 g/mol. The average Bonchev–Trinajstić information content (AvgIpc) is 2.88. The molecule has 0 unspecified atom stereocenters. The monoisotopic (exact) mass is 289 g/mol. The molecule has 116 valence electrons. The summed E-state index contributed by atoms with van der Waals surface area (Å²) in [6, 6.07) is 0. The predicted molar refractivity (Wildman–Crippen MR) is 84.2 cm³/mol. The van der Waals surface area contributed by atoms with Crippen LogP contribution in [-0.2, 0) is 9.53 Å². The van der Waals surface area contributed by atoms with Crippen LogP contribution in [0.15, 0.2) is 17.1 Å². The highest BCUT2D eigenvalue weighted by Crippen LogP contribution is 2.48. The Bertz CT molecular complexity index is 436. The minimum absolute atomic E-state index is 0.0840. The van der Waals surface area contributed by atoms with Crippen molar-refractivity contribution in [2.45, 2.75) is 76.7 Å². The lowest BCUT2D eigenvalue weighted by Crippen LogP contribution is -2.50. The van der Waals surface area contributed by atoms with Crippen molar-refractivity contribution in [1.82, 2.24) is 0 Å².